The summed E-state index contributed by atoms with van der Waals surface area (Å²) in [5.74, 6) is -0.545. The van der Waals surface area contributed by atoms with Crippen molar-refractivity contribution >= 4 is 16.7 Å². The average Bonchev–Trinajstić information content (AvgIpc) is 2.38. The topological polar surface area (TPSA) is 61.2 Å². The lowest BCUT2D eigenvalue weighted by Gasteiger charge is -2.06. The van der Waals surface area contributed by atoms with E-state index in [2.05, 4.69) is 11.7 Å². The van der Waals surface area contributed by atoms with Gasteiger partial charge in [0.25, 0.3) is 5.56 Å². The first kappa shape index (κ1) is 12.0. The first-order chi connectivity index (χ1) is 8.59. The van der Waals surface area contributed by atoms with Gasteiger partial charge in [-0.15, -0.1) is 0 Å². The second kappa shape index (κ2) is 4.83. The standard InChI is InChI=1S/C13H12N2O3/c1-9(2)13(17)18-8-15-12(16)11-6-4-3-5-10(11)7-14-15/h3-7H,1,8H2,2H3. The Kier molecular flexibility index (Phi) is 3.23. The van der Waals surface area contributed by atoms with Crippen molar-refractivity contribution in [2.24, 2.45) is 0 Å². The Bertz CT molecular complexity index is 673. The highest BCUT2D eigenvalue weighted by Gasteiger charge is 2.06. The summed E-state index contributed by atoms with van der Waals surface area (Å²) >= 11 is 0. The Morgan fingerprint density at radius 2 is 2.17 bits per heavy atom. The van der Waals surface area contributed by atoms with Crippen molar-refractivity contribution in [2.45, 2.75) is 13.7 Å². The van der Waals surface area contributed by atoms with Gasteiger partial charge in [0.05, 0.1) is 11.6 Å². The zero-order valence-electron chi connectivity index (χ0n) is 9.92. The monoisotopic (exact) mass is 244 g/mol. The van der Waals surface area contributed by atoms with Crippen molar-refractivity contribution in [3.8, 4) is 0 Å². The van der Waals surface area contributed by atoms with Gasteiger partial charge in [0.1, 0.15) is 0 Å². The Morgan fingerprint density at radius 3 is 2.89 bits per heavy atom. The number of ether oxygens (including phenoxy) is 1. The molecule has 0 saturated heterocycles. The zero-order valence-corrected chi connectivity index (χ0v) is 9.92. The van der Waals surface area contributed by atoms with Gasteiger partial charge in [-0.05, 0) is 13.0 Å². The number of benzene rings is 1. The molecule has 5 heteroatoms. The molecule has 0 fully saturated rings. The van der Waals surface area contributed by atoms with Crippen LogP contribution in [0.3, 0.4) is 0 Å². The average molecular weight is 244 g/mol. The van der Waals surface area contributed by atoms with E-state index in [-0.39, 0.29) is 17.9 Å². The zero-order chi connectivity index (χ0) is 13.1. The molecule has 0 aliphatic carbocycles. The summed E-state index contributed by atoms with van der Waals surface area (Å²) in [5, 5.41) is 5.23. The molecule has 0 aliphatic rings. The fourth-order valence-electron chi connectivity index (χ4n) is 1.46. The van der Waals surface area contributed by atoms with Crippen LogP contribution in [0.4, 0.5) is 0 Å². The van der Waals surface area contributed by atoms with E-state index in [0.29, 0.717) is 5.39 Å². The normalized spacial score (nSPS) is 10.3. The third kappa shape index (κ3) is 2.29. The maximum Gasteiger partial charge on any atom is 0.334 e. The number of carbonyl (C=O) groups is 1. The van der Waals surface area contributed by atoms with Crippen LogP contribution in [0.15, 0.2) is 47.4 Å². The van der Waals surface area contributed by atoms with Crippen LogP contribution < -0.4 is 5.56 Å². The molecule has 0 saturated carbocycles. The summed E-state index contributed by atoms with van der Waals surface area (Å²) in [6.07, 6.45) is 1.56. The number of nitrogens with zero attached hydrogens (tertiary/aromatic N) is 2. The van der Waals surface area contributed by atoms with Crippen LogP contribution in [-0.4, -0.2) is 15.7 Å². The van der Waals surface area contributed by atoms with E-state index < -0.39 is 5.97 Å². The van der Waals surface area contributed by atoms with Gasteiger partial charge in [-0.2, -0.15) is 9.78 Å². The number of rotatable bonds is 3. The second-order valence-corrected chi connectivity index (χ2v) is 3.88. The highest BCUT2D eigenvalue weighted by Crippen LogP contribution is 2.06. The molecule has 18 heavy (non-hydrogen) atoms. The minimum Gasteiger partial charge on any atom is -0.439 e. The van der Waals surface area contributed by atoms with E-state index in [1.54, 1.807) is 31.3 Å². The fraction of sp³-hybridized carbons (Fsp3) is 0.154. The molecule has 0 atom stereocenters. The summed E-state index contributed by atoms with van der Waals surface area (Å²) in [6, 6.07) is 7.10. The molecule has 2 aromatic rings. The lowest BCUT2D eigenvalue weighted by atomic mass is 10.2. The van der Waals surface area contributed by atoms with Crippen molar-refractivity contribution < 1.29 is 9.53 Å². The highest BCUT2D eigenvalue weighted by atomic mass is 16.5. The number of fused-ring (bicyclic) bond motifs is 1. The highest BCUT2D eigenvalue weighted by molar-refractivity contribution is 5.86. The molecule has 2 rings (SSSR count). The maximum absolute atomic E-state index is 12.0. The van der Waals surface area contributed by atoms with Crippen molar-refractivity contribution in [3.05, 3.63) is 53.0 Å². The van der Waals surface area contributed by atoms with E-state index >= 15 is 0 Å². The van der Waals surface area contributed by atoms with Crippen molar-refractivity contribution in [1.82, 2.24) is 9.78 Å². The van der Waals surface area contributed by atoms with Gasteiger partial charge in [-0.1, -0.05) is 24.8 Å². The van der Waals surface area contributed by atoms with Crippen LogP contribution in [0.2, 0.25) is 0 Å². The van der Waals surface area contributed by atoms with Gasteiger partial charge in [0.2, 0.25) is 0 Å². The second-order valence-electron chi connectivity index (χ2n) is 3.88. The summed E-state index contributed by atoms with van der Waals surface area (Å²) in [7, 11) is 0. The predicted molar refractivity (Wildman–Crippen MR) is 66.9 cm³/mol. The molecule has 0 radical (unpaired) electrons. The van der Waals surface area contributed by atoms with Crippen LogP contribution in [0.5, 0.6) is 0 Å². The van der Waals surface area contributed by atoms with Crippen molar-refractivity contribution in [3.63, 3.8) is 0 Å². The van der Waals surface area contributed by atoms with Gasteiger partial charge < -0.3 is 4.74 Å². The van der Waals surface area contributed by atoms with Crippen molar-refractivity contribution in [2.75, 3.05) is 0 Å². The quantitative estimate of drug-likeness (QED) is 0.606. The molecule has 0 aliphatic heterocycles. The Morgan fingerprint density at radius 1 is 1.44 bits per heavy atom. The van der Waals surface area contributed by atoms with Gasteiger partial charge in [-0.3, -0.25) is 4.79 Å². The predicted octanol–water partition coefficient (Wildman–Crippen LogP) is 1.47. The summed E-state index contributed by atoms with van der Waals surface area (Å²) < 4.78 is 5.98. The fourth-order valence-corrected chi connectivity index (χ4v) is 1.46. The molecule has 5 nitrogen and oxygen atoms in total. The molecule has 1 heterocycles. The number of hydrogen-bond donors (Lipinski definition) is 0. The lowest BCUT2D eigenvalue weighted by molar-refractivity contribution is -0.143. The van der Waals surface area contributed by atoms with E-state index in [1.807, 2.05) is 6.07 Å². The van der Waals surface area contributed by atoms with Crippen molar-refractivity contribution in [1.29, 1.82) is 0 Å². The van der Waals surface area contributed by atoms with Gasteiger partial charge >= 0.3 is 5.97 Å². The maximum atomic E-state index is 12.0. The summed E-state index contributed by atoms with van der Waals surface area (Å²) in [5.41, 5.74) is -0.00791. The Labute approximate surface area is 103 Å². The van der Waals surface area contributed by atoms with Gasteiger partial charge in [0, 0.05) is 11.0 Å². The molecule has 0 spiro atoms. The number of carbonyl (C=O) groups excluding carboxylic acids is 1. The lowest BCUT2D eigenvalue weighted by Crippen LogP contribution is -2.25. The SMILES string of the molecule is C=C(C)C(=O)OCn1ncc2ccccc2c1=O. The Hall–Kier alpha value is -2.43. The molecule has 1 aromatic carbocycles. The molecule has 0 bridgehead atoms. The first-order valence-corrected chi connectivity index (χ1v) is 5.37. The molecule has 0 N–H and O–H groups in total. The van der Waals surface area contributed by atoms with E-state index in [1.165, 1.54) is 0 Å². The molecule has 1 aromatic heterocycles. The third-order valence-corrected chi connectivity index (χ3v) is 2.43. The number of aromatic nitrogens is 2. The molecule has 0 unspecified atom stereocenters. The van der Waals surface area contributed by atoms with E-state index in [0.717, 1.165) is 10.1 Å². The van der Waals surface area contributed by atoms with Gasteiger partial charge in [-0.25, -0.2) is 4.79 Å². The molecule has 92 valence electrons. The first-order valence-electron chi connectivity index (χ1n) is 5.37. The van der Waals surface area contributed by atoms with Crippen LogP contribution in [0.1, 0.15) is 6.92 Å². The summed E-state index contributed by atoms with van der Waals surface area (Å²) in [6.45, 7) is 4.79. The van der Waals surface area contributed by atoms with E-state index in [4.69, 9.17) is 4.74 Å². The number of hydrogen-bond acceptors (Lipinski definition) is 4. The minimum atomic E-state index is -0.545. The smallest absolute Gasteiger partial charge is 0.334 e. The van der Waals surface area contributed by atoms with Crippen LogP contribution in [0, 0.1) is 0 Å². The van der Waals surface area contributed by atoms with Crippen LogP contribution in [0.25, 0.3) is 10.8 Å². The van der Waals surface area contributed by atoms with Crippen LogP contribution >= 0.6 is 0 Å². The minimum absolute atomic E-state index is 0.213. The molecular formula is C13H12N2O3. The molecule has 0 amide bonds. The largest absolute Gasteiger partial charge is 0.439 e. The Balaban J connectivity index is 2.30. The third-order valence-electron chi connectivity index (χ3n) is 2.43. The van der Waals surface area contributed by atoms with E-state index in [9.17, 15) is 9.59 Å². The molecular weight excluding hydrogens is 232 g/mol. The van der Waals surface area contributed by atoms with Gasteiger partial charge in [0.15, 0.2) is 6.73 Å². The summed E-state index contributed by atoms with van der Waals surface area (Å²) in [4.78, 5) is 23.2. The number of esters is 1. The van der Waals surface area contributed by atoms with Crippen LogP contribution in [-0.2, 0) is 16.3 Å².